The molecule has 0 aliphatic carbocycles. The van der Waals surface area contributed by atoms with Crippen molar-refractivity contribution < 1.29 is 27.0 Å². The maximum absolute atomic E-state index is 13.2. The summed E-state index contributed by atoms with van der Waals surface area (Å²) in [6, 6.07) is 2.20. The summed E-state index contributed by atoms with van der Waals surface area (Å²) < 4.78 is 59.1. The molecule has 6 heteroatoms. The molecule has 0 radical (unpaired) electrons. The molecule has 0 aliphatic rings. The summed E-state index contributed by atoms with van der Waals surface area (Å²) in [5, 5.41) is 0. The third-order valence-electron chi connectivity index (χ3n) is 1.68. The van der Waals surface area contributed by atoms with Gasteiger partial charge in [0, 0.05) is 0 Å². The van der Waals surface area contributed by atoms with Crippen LogP contribution in [0.2, 0.25) is 0 Å². The first-order valence-corrected chi connectivity index (χ1v) is 4.56. The number of halogens is 4. The van der Waals surface area contributed by atoms with Gasteiger partial charge in [0.25, 0.3) is 0 Å². The lowest BCUT2D eigenvalue weighted by Crippen LogP contribution is -2.05. The Labute approximate surface area is 89.8 Å². The summed E-state index contributed by atoms with van der Waals surface area (Å²) in [5.74, 6) is -3.35. The SMILES string of the molecule is FCCOc1ccc(OCCF)c(F)c1F. The second kappa shape index (κ2) is 6.19. The van der Waals surface area contributed by atoms with Crippen molar-refractivity contribution in [2.75, 3.05) is 26.6 Å². The number of rotatable bonds is 6. The zero-order valence-electron chi connectivity index (χ0n) is 8.31. The van der Waals surface area contributed by atoms with Gasteiger partial charge in [0.1, 0.15) is 26.6 Å². The molecule has 0 saturated heterocycles. The monoisotopic (exact) mass is 238 g/mol. The second-order valence-corrected chi connectivity index (χ2v) is 2.76. The fourth-order valence-electron chi connectivity index (χ4n) is 1.03. The molecule has 16 heavy (non-hydrogen) atoms. The maximum atomic E-state index is 13.2. The Bertz CT molecular complexity index is 311. The minimum absolute atomic E-state index is 0.360. The highest BCUT2D eigenvalue weighted by Crippen LogP contribution is 2.27. The molecule has 0 unspecified atom stereocenters. The first-order valence-electron chi connectivity index (χ1n) is 4.56. The molecule has 1 rings (SSSR count). The van der Waals surface area contributed by atoms with Gasteiger partial charge in [-0.3, -0.25) is 0 Å². The van der Waals surface area contributed by atoms with E-state index in [0.717, 1.165) is 12.1 Å². The molecule has 0 fully saturated rings. The van der Waals surface area contributed by atoms with E-state index in [1.165, 1.54) is 0 Å². The predicted molar refractivity (Wildman–Crippen MR) is 49.3 cm³/mol. The highest BCUT2D eigenvalue weighted by Gasteiger charge is 2.15. The quantitative estimate of drug-likeness (QED) is 0.709. The van der Waals surface area contributed by atoms with E-state index in [4.69, 9.17) is 0 Å². The molecule has 0 aromatic heterocycles. The molecule has 0 amide bonds. The van der Waals surface area contributed by atoms with E-state index in [1.807, 2.05) is 0 Å². The molecule has 0 heterocycles. The van der Waals surface area contributed by atoms with Crippen molar-refractivity contribution in [3.63, 3.8) is 0 Å². The number of hydrogen-bond acceptors (Lipinski definition) is 2. The molecule has 2 nitrogen and oxygen atoms in total. The van der Waals surface area contributed by atoms with Crippen molar-refractivity contribution in [3.05, 3.63) is 23.8 Å². The van der Waals surface area contributed by atoms with Crippen LogP contribution in [0.5, 0.6) is 11.5 Å². The van der Waals surface area contributed by atoms with Crippen LogP contribution < -0.4 is 9.47 Å². The van der Waals surface area contributed by atoms with Crippen LogP contribution >= 0.6 is 0 Å². The molecule has 0 saturated carbocycles. The number of alkyl halides is 2. The Kier molecular flexibility index (Phi) is 4.88. The zero-order valence-corrected chi connectivity index (χ0v) is 8.31. The van der Waals surface area contributed by atoms with Gasteiger partial charge in [0.15, 0.2) is 11.5 Å². The minimum atomic E-state index is -1.27. The van der Waals surface area contributed by atoms with Gasteiger partial charge in [-0.25, -0.2) is 8.78 Å². The number of hydrogen-bond donors (Lipinski definition) is 0. The highest BCUT2D eigenvalue weighted by atomic mass is 19.2. The lowest BCUT2D eigenvalue weighted by molar-refractivity contribution is 0.244. The van der Waals surface area contributed by atoms with Crippen molar-refractivity contribution in [1.82, 2.24) is 0 Å². The van der Waals surface area contributed by atoms with Gasteiger partial charge in [-0.05, 0) is 12.1 Å². The molecule has 1 aromatic rings. The Morgan fingerprint density at radius 1 is 0.812 bits per heavy atom. The fourth-order valence-corrected chi connectivity index (χ4v) is 1.03. The van der Waals surface area contributed by atoms with Gasteiger partial charge in [-0.15, -0.1) is 0 Å². The zero-order chi connectivity index (χ0) is 12.0. The van der Waals surface area contributed by atoms with Crippen molar-refractivity contribution >= 4 is 0 Å². The van der Waals surface area contributed by atoms with Gasteiger partial charge in [0.05, 0.1) is 0 Å². The smallest absolute Gasteiger partial charge is 0.204 e. The third kappa shape index (κ3) is 3.01. The maximum Gasteiger partial charge on any atom is 0.204 e. The van der Waals surface area contributed by atoms with Gasteiger partial charge in [-0.1, -0.05) is 0 Å². The molecule has 90 valence electrons. The van der Waals surface area contributed by atoms with E-state index in [2.05, 4.69) is 9.47 Å². The normalized spacial score (nSPS) is 10.2. The van der Waals surface area contributed by atoms with Crippen LogP contribution in [0.4, 0.5) is 17.6 Å². The first-order chi connectivity index (χ1) is 7.70. The second-order valence-electron chi connectivity index (χ2n) is 2.76. The van der Waals surface area contributed by atoms with E-state index < -0.39 is 36.5 Å². The van der Waals surface area contributed by atoms with Crippen LogP contribution in [0.15, 0.2) is 12.1 Å². The number of ether oxygens (including phenoxy) is 2. The summed E-state index contributed by atoms with van der Waals surface area (Å²) in [6.45, 7) is -2.33. The van der Waals surface area contributed by atoms with Crippen molar-refractivity contribution in [2.45, 2.75) is 0 Å². The van der Waals surface area contributed by atoms with Crippen LogP contribution in [0, 0.1) is 11.6 Å². The Morgan fingerprint density at radius 2 is 1.19 bits per heavy atom. The standard InChI is InChI=1S/C10H10F4O2/c11-3-5-15-7-1-2-8(16-6-4-12)10(14)9(7)13/h1-2H,3-6H2. The van der Waals surface area contributed by atoms with Gasteiger partial charge >= 0.3 is 0 Å². The summed E-state index contributed by atoms with van der Waals surface area (Å²) in [4.78, 5) is 0. The molecule has 0 N–H and O–H groups in total. The summed E-state index contributed by atoms with van der Waals surface area (Å²) >= 11 is 0. The Hall–Kier alpha value is -1.46. The predicted octanol–water partition coefficient (Wildman–Crippen LogP) is 2.66. The first kappa shape index (κ1) is 12.6. The Morgan fingerprint density at radius 3 is 1.50 bits per heavy atom. The molecular formula is C10H10F4O2. The lowest BCUT2D eigenvalue weighted by atomic mass is 10.3. The Balaban J connectivity index is 2.81. The van der Waals surface area contributed by atoms with Crippen LogP contribution in [0.1, 0.15) is 0 Å². The summed E-state index contributed by atoms with van der Waals surface area (Å²) in [5.41, 5.74) is 0. The largest absolute Gasteiger partial charge is 0.488 e. The van der Waals surface area contributed by atoms with Crippen LogP contribution in [-0.4, -0.2) is 26.6 Å². The van der Waals surface area contributed by atoms with E-state index >= 15 is 0 Å². The summed E-state index contributed by atoms with van der Waals surface area (Å²) in [6.07, 6.45) is 0. The van der Waals surface area contributed by atoms with Gasteiger partial charge < -0.3 is 9.47 Å². The average molecular weight is 238 g/mol. The minimum Gasteiger partial charge on any atom is -0.488 e. The van der Waals surface area contributed by atoms with Crippen molar-refractivity contribution in [1.29, 1.82) is 0 Å². The highest BCUT2D eigenvalue weighted by molar-refractivity contribution is 5.35. The van der Waals surface area contributed by atoms with E-state index in [1.54, 1.807) is 0 Å². The average Bonchev–Trinajstić information content (AvgIpc) is 2.30. The lowest BCUT2D eigenvalue weighted by Gasteiger charge is -2.09. The molecule has 0 spiro atoms. The van der Waals surface area contributed by atoms with Gasteiger partial charge in [0.2, 0.25) is 11.6 Å². The van der Waals surface area contributed by atoms with Crippen LogP contribution in [0.25, 0.3) is 0 Å². The fraction of sp³-hybridized carbons (Fsp3) is 0.400. The topological polar surface area (TPSA) is 18.5 Å². The van der Waals surface area contributed by atoms with Crippen LogP contribution in [-0.2, 0) is 0 Å². The van der Waals surface area contributed by atoms with E-state index in [9.17, 15) is 17.6 Å². The molecule has 0 atom stereocenters. The molecular weight excluding hydrogens is 228 g/mol. The molecule has 0 aliphatic heterocycles. The summed E-state index contributed by atoms with van der Waals surface area (Å²) in [7, 11) is 0. The van der Waals surface area contributed by atoms with Gasteiger partial charge in [-0.2, -0.15) is 8.78 Å². The van der Waals surface area contributed by atoms with Crippen molar-refractivity contribution in [2.24, 2.45) is 0 Å². The van der Waals surface area contributed by atoms with Crippen molar-refractivity contribution in [3.8, 4) is 11.5 Å². The van der Waals surface area contributed by atoms with E-state index in [0.29, 0.717) is 0 Å². The molecule has 0 bridgehead atoms. The van der Waals surface area contributed by atoms with E-state index in [-0.39, 0.29) is 13.2 Å². The number of benzene rings is 1. The molecule has 1 aromatic carbocycles. The van der Waals surface area contributed by atoms with Crippen LogP contribution in [0.3, 0.4) is 0 Å². The third-order valence-corrected chi connectivity index (χ3v) is 1.68.